The maximum absolute atomic E-state index is 12.4. The molecule has 22 heavy (non-hydrogen) atoms. The highest BCUT2D eigenvalue weighted by atomic mass is 19.4. The predicted molar refractivity (Wildman–Crippen MR) is 76.0 cm³/mol. The summed E-state index contributed by atoms with van der Waals surface area (Å²) in [6.45, 7) is 0. The summed E-state index contributed by atoms with van der Waals surface area (Å²) < 4.78 is 37.3. The van der Waals surface area contributed by atoms with Crippen molar-refractivity contribution < 1.29 is 18.0 Å². The molecule has 5 heteroatoms. The number of alkyl halides is 3. The van der Waals surface area contributed by atoms with Crippen LogP contribution in [0.2, 0.25) is 0 Å². The van der Waals surface area contributed by atoms with Gasteiger partial charge in [-0.25, -0.2) is 0 Å². The Bertz CT molecular complexity index is 735. The van der Waals surface area contributed by atoms with E-state index in [1.807, 2.05) is 6.07 Å². The Kier molecular flexibility index (Phi) is 4.42. The first-order chi connectivity index (χ1) is 10.4. The Morgan fingerprint density at radius 1 is 1.00 bits per heavy atom. The minimum atomic E-state index is -4.42. The van der Waals surface area contributed by atoms with E-state index in [2.05, 4.69) is 0 Å². The van der Waals surface area contributed by atoms with Crippen LogP contribution in [-0.2, 0) is 6.18 Å². The lowest BCUT2D eigenvalue weighted by Crippen LogP contribution is -2.05. The molecular formula is C17H10F3NO. The van der Waals surface area contributed by atoms with Gasteiger partial charge in [0.05, 0.1) is 17.2 Å². The first-order valence-electron chi connectivity index (χ1n) is 6.30. The molecule has 0 aromatic heterocycles. The van der Waals surface area contributed by atoms with Crippen LogP contribution < -0.4 is 0 Å². The molecule has 2 aromatic carbocycles. The number of nitriles is 1. The highest BCUT2D eigenvalue weighted by Gasteiger charge is 2.30. The highest BCUT2D eigenvalue weighted by Crippen LogP contribution is 2.29. The molecule has 0 radical (unpaired) electrons. The molecule has 0 saturated heterocycles. The second-order valence-electron chi connectivity index (χ2n) is 4.51. The van der Waals surface area contributed by atoms with Crippen molar-refractivity contribution in [3.8, 4) is 6.07 Å². The molecule has 0 N–H and O–H groups in total. The zero-order chi connectivity index (χ0) is 16.2. The number of ketones is 1. The zero-order valence-corrected chi connectivity index (χ0v) is 11.3. The smallest absolute Gasteiger partial charge is 0.289 e. The van der Waals surface area contributed by atoms with Crippen LogP contribution in [0.15, 0.2) is 54.6 Å². The third-order valence-corrected chi connectivity index (χ3v) is 2.96. The molecule has 0 fully saturated rings. The van der Waals surface area contributed by atoms with E-state index in [1.165, 1.54) is 6.08 Å². The second kappa shape index (κ2) is 6.27. The molecular weight excluding hydrogens is 291 g/mol. The van der Waals surface area contributed by atoms with Gasteiger partial charge in [0.1, 0.15) is 0 Å². The second-order valence-corrected chi connectivity index (χ2v) is 4.51. The van der Waals surface area contributed by atoms with Crippen LogP contribution in [-0.4, -0.2) is 5.78 Å². The van der Waals surface area contributed by atoms with Gasteiger partial charge in [-0.3, -0.25) is 4.79 Å². The highest BCUT2D eigenvalue weighted by molar-refractivity contribution is 6.06. The van der Waals surface area contributed by atoms with Crippen molar-refractivity contribution >= 4 is 11.9 Å². The number of benzene rings is 2. The zero-order valence-electron chi connectivity index (χ0n) is 11.3. The maximum Gasteiger partial charge on any atom is 0.416 e. The van der Waals surface area contributed by atoms with E-state index in [0.29, 0.717) is 5.56 Å². The maximum atomic E-state index is 12.4. The Balaban J connectivity index is 2.11. The third kappa shape index (κ3) is 3.83. The fourth-order valence-electron chi connectivity index (χ4n) is 1.76. The topological polar surface area (TPSA) is 40.9 Å². The van der Waals surface area contributed by atoms with E-state index in [0.717, 1.165) is 29.8 Å². The van der Waals surface area contributed by atoms with Gasteiger partial charge in [-0.1, -0.05) is 30.3 Å². The molecule has 0 saturated carbocycles. The largest absolute Gasteiger partial charge is 0.416 e. The van der Waals surface area contributed by atoms with Crippen molar-refractivity contribution in [1.82, 2.24) is 0 Å². The standard InChI is InChI=1S/C17H10F3NO/c18-17(19,20)15-8-6-14(7-9-15)16(22)10-5-12-1-3-13(11-21)4-2-12/h1-10H/b10-5+. The Labute approximate surface area is 125 Å². The quantitative estimate of drug-likeness (QED) is 0.620. The van der Waals surface area contributed by atoms with Crippen LogP contribution in [0.25, 0.3) is 6.08 Å². The van der Waals surface area contributed by atoms with Gasteiger partial charge < -0.3 is 0 Å². The van der Waals surface area contributed by atoms with E-state index < -0.39 is 17.5 Å². The minimum absolute atomic E-state index is 0.179. The summed E-state index contributed by atoms with van der Waals surface area (Å²) in [6.07, 6.45) is -1.59. The van der Waals surface area contributed by atoms with Crippen LogP contribution in [0.1, 0.15) is 27.0 Å². The molecule has 2 aromatic rings. The normalized spacial score (nSPS) is 11.4. The van der Waals surface area contributed by atoms with Gasteiger partial charge in [0.15, 0.2) is 5.78 Å². The van der Waals surface area contributed by atoms with Crippen molar-refractivity contribution in [1.29, 1.82) is 5.26 Å². The van der Waals surface area contributed by atoms with Crippen LogP contribution >= 0.6 is 0 Å². The summed E-state index contributed by atoms with van der Waals surface area (Å²) >= 11 is 0. The molecule has 0 unspecified atom stereocenters. The summed E-state index contributed by atoms with van der Waals surface area (Å²) in [6, 6.07) is 12.6. The molecule has 0 aliphatic rings. The first kappa shape index (κ1) is 15.5. The minimum Gasteiger partial charge on any atom is -0.289 e. The van der Waals surface area contributed by atoms with E-state index in [9.17, 15) is 18.0 Å². The molecule has 0 spiro atoms. The average molecular weight is 301 g/mol. The Morgan fingerprint density at radius 3 is 2.09 bits per heavy atom. The van der Waals surface area contributed by atoms with Gasteiger partial charge in [0, 0.05) is 5.56 Å². The van der Waals surface area contributed by atoms with Crippen molar-refractivity contribution in [2.45, 2.75) is 6.18 Å². The summed E-state index contributed by atoms with van der Waals surface area (Å²) in [7, 11) is 0. The van der Waals surface area contributed by atoms with E-state index in [4.69, 9.17) is 5.26 Å². The SMILES string of the molecule is N#Cc1ccc(/C=C/C(=O)c2ccc(C(F)(F)F)cc2)cc1. The summed E-state index contributed by atoms with van der Waals surface area (Å²) in [5.74, 6) is -0.391. The number of rotatable bonds is 3. The monoisotopic (exact) mass is 301 g/mol. The fraction of sp³-hybridized carbons (Fsp3) is 0.0588. The fourth-order valence-corrected chi connectivity index (χ4v) is 1.76. The van der Waals surface area contributed by atoms with Crippen molar-refractivity contribution in [3.63, 3.8) is 0 Å². The van der Waals surface area contributed by atoms with Crippen molar-refractivity contribution in [3.05, 3.63) is 76.9 Å². The van der Waals surface area contributed by atoms with Crippen molar-refractivity contribution in [2.24, 2.45) is 0 Å². The van der Waals surface area contributed by atoms with Crippen LogP contribution in [0.3, 0.4) is 0 Å². The number of carbonyl (C=O) groups excluding carboxylic acids is 1. The summed E-state index contributed by atoms with van der Waals surface area (Å²) in [4.78, 5) is 11.9. The van der Waals surface area contributed by atoms with Gasteiger partial charge >= 0.3 is 6.18 Å². The molecule has 0 aliphatic carbocycles. The van der Waals surface area contributed by atoms with E-state index in [1.54, 1.807) is 30.3 Å². The number of nitrogens with zero attached hydrogens (tertiary/aromatic N) is 1. The van der Waals surface area contributed by atoms with Gasteiger partial charge in [-0.05, 0) is 35.9 Å². The molecule has 0 amide bonds. The number of carbonyl (C=O) groups is 1. The lowest BCUT2D eigenvalue weighted by atomic mass is 10.1. The lowest BCUT2D eigenvalue weighted by molar-refractivity contribution is -0.137. The van der Waals surface area contributed by atoms with Gasteiger partial charge in [0.2, 0.25) is 0 Å². The number of hydrogen-bond acceptors (Lipinski definition) is 2. The summed E-state index contributed by atoms with van der Waals surface area (Å²) in [5.41, 5.74) is 0.614. The predicted octanol–water partition coefficient (Wildman–Crippen LogP) is 4.47. The van der Waals surface area contributed by atoms with Gasteiger partial charge in [-0.2, -0.15) is 18.4 Å². The molecule has 110 valence electrons. The Hall–Kier alpha value is -2.87. The van der Waals surface area contributed by atoms with Crippen LogP contribution in [0.5, 0.6) is 0 Å². The Morgan fingerprint density at radius 2 is 1.59 bits per heavy atom. The third-order valence-electron chi connectivity index (χ3n) is 2.96. The number of halogens is 3. The summed E-state index contributed by atoms with van der Waals surface area (Å²) in [5, 5.41) is 8.67. The van der Waals surface area contributed by atoms with E-state index in [-0.39, 0.29) is 5.56 Å². The molecule has 0 heterocycles. The first-order valence-corrected chi connectivity index (χ1v) is 6.30. The molecule has 0 bridgehead atoms. The van der Waals surface area contributed by atoms with E-state index >= 15 is 0 Å². The van der Waals surface area contributed by atoms with Crippen LogP contribution in [0.4, 0.5) is 13.2 Å². The molecule has 2 nitrogen and oxygen atoms in total. The van der Waals surface area contributed by atoms with Crippen molar-refractivity contribution in [2.75, 3.05) is 0 Å². The number of allylic oxidation sites excluding steroid dienone is 1. The molecule has 0 aliphatic heterocycles. The lowest BCUT2D eigenvalue weighted by Gasteiger charge is -2.06. The van der Waals surface area contributed by atoms with Crippen LogP contribution in [0, 0.1) is 11.3 Å². The molecule has 0 atom stereocenters. The molecule has 2 rings (SSSR count). The van der Waals surface area contributed by atoms with Gasteiger partial charge in [-0.15, -0.1) is 0 Å². The number of hydrogen-bond donors (Lipinski definition) is 0. The average Bonchev–Trinajstić information content (AvgIpc) is 2.52. The van der Waals surface area contributed by atoms with Gasteiger partial charge in [0.25, 0.3) is 0 Å².